The Balaban J connectivity index is 3.14. The van der Waals surface area contributed by atoms with Crippen molar-refractivity contribution in [2.75, 3.05) is 7.11 Å². The summed E-state index contributed by atoms with van der Waals surface area (Å²) in [4.78, 5) is 0. The Morgan fingerprint density at radius 1 is 1.29 bits per heavy atom. The lowest BCUT2D eigenvalue weighted by atomic mass is 10.1. The van der Waals surface area contributed by atoms with Crippen LogP contribution in [0.3, 0.4) is 0 Å². The summed E-state index contributed by atoms with van der Waals surface area (Å²) in [6.07, 6.45) is -3.76. The normalized spacial score (nSPS) is 11.5. The van der Waals surface area contributed by atoms with E-state index in [2.05, 4.69) is 0 Å². The zero-order valence-electron chi connectivity index (χ0n) is 7.98. The van der Waals surface area contributed by atoms with Crippen LogP contribution in [-0.2, 0) is 12.6 Å². The Kier molecular flexibility index (Phi) is 3.03. The van der Waals surface area contributed by atoms with Crippen LogP contribution in [0.5, 0.6) is 5.75 Å². The summed E-state index contributed by atoms with van der Waals surface area (Å²) >= 11 is 0. The van der Waals surface area contributed by atoms with E-state index in [1.54, 1.807) is 6.92 Å². The minimum absolute atomic E-state index is 0.500. The molecule has 0 aromatic heterocycles. The molecule has 0 aliphatic carbocycles. The first kappa shape index (κ1) is 10.9. The van der Waals surface area contributed by atoms with Crippen molar-refractivity contribution < 1.29 is 17.9 Å². The Hall–Kier alpha value is -1.19. The van der Waals surface area contributed by atoms with Gasteiger partial charge in [-0.15, -0.1) is 0 Å². The minimum atomic E-state index is -4.28. The van der Waals surface area contributed by atoms with Crippen LogP contribution < -0.4 is 4.74 Å². The number of rotatable bonds is 2. The first-order chi connectivity index (χ1) is 6.49. The molecule has 0 spiro atoms. The molecule has 0 saturated carbocycles. The Morgan fingerprint density at radius 3 is 2.36 bits per heavy atom. The van der Waals surface area contributed by atoms with Gasteiger partial charge in [0.25, 0.3) is 0 Å². The summed E-state index contributed by atoms with van der Waals surface area (Å²) in [5.41, 5.74) is -0.0579. The molecule has 78 valence electrons. The van der Waals surface area contributed by atoms with Gasteiger partial charge in [0.2, 0.25) is 0 Å². The second kappa shape index (κ2) is 3.90. The van der Waals surface area contributed by atoms with Crippen LogP contribution in [0.2, 0.25) is 0 Å². The van der Waals surface area contributed by atoms with Crippen LogP contribution in [0.15, 0.2) is 18.2 Å². The Bertz CT molecular complexity index is 318. The fraction of sp³-hybridized carbons (Fsp3) is 0.400. The molecule has 0 fully saturated rings. The molecule has 0 bridgehead atoms. The van der Waals surface area contributed by atoms with E-state index in [0.29, 0.717) is 17.7 Å². The highest BCUT2D eigenvalue weighted by Gasteiger charge is 2.30. The highest BCUT2D eigenvalue weighted by atomic mass is 19.4. The van der Waals surface area contributed by atoms with E-state index in [-0.39, 0.29) is 0 Å². The van der Waals surface area contributed by atoms with Crippen molar-refractivity contribution in [3.05, 3.63) is 29.3 Å². The first-order valence-corrected chi connectivity index (χ1v) is 4.23. The van der Waals surface area contributed by atoms with Gasteiger partial charge in [-0.25, -0.2) is 0 Å². The molecular weight excluding hydrogens is 193 g/mol. The maximum Gasteiger partial charge on any atom is 0.416 e. The smallest absolute Gasteiger partial charge is 0.416 e. The van der Waals surface area contributed by atoms with Gasteiger partial charge in [-0.05, 0) is 30.2 Å². The van der Waals surface area contributed by atoms with Crippen molar-refractivity contribution in [2.24, 2.45) is 0 Å². The van der Waals surface area contributed by atoms with Gasteiger partial charge >= 0.3 is 6.18 Å². The molecule has 0 heterocycles. The average molecular weight is 204 g/mol. The summed E-state index contributed by atoms with van der Waals surface area (Å²) in [6.45, 7) is 1.79. The van der Waals surface area contributed by atoms with Crippen LogP contribution in [0.4, 0.5) is 13.2 Å². The first-order valence-electron chi connectivity index (χ1n) is 4.23. The van der Waals surface area contributed by atoms with E-state index in [0.717, 1.165) is 12.1 Å². The number of hydrogen-bond acceptors (Lipinski definition) is 1. The molecule has 0 atom stereocenters. The van der Waals surface area contributed by atoms with Crippen molar-refractivity contribution in [1.82, 2.24) is 0 Å². The number of hydrogen-bond donors (Lipinski definition) is 0. The SMILES string of the molecule is CCc1cc(C(F)(F)F)ccc1OC. The second-order valence-electron chi connectivity index (χ2n) is 2.88. The van der Waals surface area contributed by atoms with Crippen molar-refractivity contribution in [3.8, 4) is 5.75 Å². The molecule has 1 aromatic carbocycles. The van der Waals surface area contributed by atoms with Gasteiger partial charge < -0.3 is 4.74 Å². The van der Waals surface area contributed by atoms with E-state index in [1.165, 1.54) is 13.2 Å². The van der Waals surface area contributed by atoms with Crippen LogP contribution in [0.25, 0.3) is 0 Å². The molecule has 0 saturated heterocycles. The Morgan fingerprint density at radius 2 is 1.93 bits per heavy atom. The lowest BCUT2D eigenvalue weighted by Gasteiger charge is -2.11. The van der Waals surface area contributed by atoms with Crippen molar-refractivity contribution in [2.45, 2.75) is 19.5 Å². The zero-order valence-corrected chi connectivity index (χ0v) is 7.98. The quantitative estimate of drug-likeness (QED) is 0.718. The molecule has 14 heavy (non-hydrogen) atoms. The van der Waals surface area contributed by atoms with E-state index in [4.69, 9.17) is 4.74 Å². The summed E-state index contributed by atoms with van der Waals surface area (Å²) in [7, 11) is 1.45. The van der Waals surface area contributed by atoms with Gasteiger partial charge in [0, 0.05) is 0 Å². The number of methoxy groups -OCH3 is 1. The van der Waals surface area contributed by atoms with E-state index in [1.807, 2.05) is 0 Å². The van der Waals surface area contributed by atoms with Gasteiger partial charge in [0.05, 0.1) is 12.7 Å². The predicted octanol–water partition coefficient (Wildman–Crippen LogP) is 3.28. The third-order valence-corrected chi connectivity index (χ3v) is 1.99. The second-order valence-corrected chi connectivity index (χ2v) is 2.88. The molecule has 0 radical (unpaired) electrons. The standard InChI is InChI=1S/C10H11F3O/c1-3-7-6-8(10(11,12)13)4-5-9(7)14-2/h4-6H,3H2,1-2H3. The van der Waals surface area contributed by atoms with Gasteiger partial charge in [-0.2, -0.15) is 13.2 Å². The summed E-state index contributed by atoms with van der Waals surface area (Å²) in [5.74, 6) is 0.500. The van der Waals surface area contributed by atoms with Crippen molar-refractivity contribution in [3.63, 3.8) is 0 Å². The number of alkyl halides is 3. The van der Waals surface area contributed by atoms with Crippen LogP contribution in [-0.4, -0.2) is 7.11 Å². The summed E-state index contributed by atoms with van der Waals surface area (Å²) < 4.78 is 41.8. The van der Waals surface area contributed by atoms with Crippen molar-refractivity contribution >= 4 is 0 Å². The zero-order chi connectivity index (χ0) is 10.8. The predicted molar refractivity (Wildman–Crippen MR) is 47.4 cm³/mol. The number of halogens is 3. The molecule has 0 amide bonds. The lowest BCUT2D eigenvalue weighted by molar-refractivity contribution is -0.137. The molecule has 1 rings (SSSR count). The topological polar surface area (TPSA) is 9.23 Å². The van der Waals surface area contributed by atoms with Crippen molar-refractivity contribution in [1.29, 1.82) is 0 Å². The molecule has 0 aliphatic heterocycles. The monoisotopic (exact) mass is 204 g/mol. The Labute approximate surface area is 80.5 Å². The number of ether oxygens (including phenoxy) is 1. The van der Waals surface area contributed by atoms with Gasteiger partial charge in [0.15, 0.2) is 0 Å². The highest BCUT2D eigenvalue weighted by molar-refractivity contribution is 5.38. The van der Waals surface area contributed by atoms with Crippen LogP contribution in [0.1, 0.15) is 18.1 Å². The number of benzene rings is 1. The molecule has 0 unspecified atom stereocenters. The molecule has 0 N–H and O–H groups in total. The molecule has 1 nitrogen and oxygen atoms in total. The van der Waals surface area contributed by atoms with E-state index >= 15 is 0 Å². The van der Waals surface area contributed by atoms with Crippen LogP contribution in [0, 0.1) is 0 Å². The molecular formula is C10H11F3O. The lowest BCUT2D eigenvalue weighted by Crippen LogP contribution is -2.05. The van der Waals surface area contributed by atoms with Gasteiger partial charge in [-0.3, -0.25) is 0 Å². The fourth-order valence-corrected chi connectivity index (χ4v) is 1.23. The van der Waals surface area contributed by atoms with Gasteiger partial charge in [-0.1, -0.05) is 6.92 Å². The molecule has 1 aromatic rings. The summed E-state index contributed by atoms with van der Waals surface area (Å²) in [6, 6.07) is 3.50. The van der Waals surface area contributed by atoms with E-state index < -0.39 is 11.7 Å². The average Bonchev–Trinajstić information content (AvgIpc) is 2.15. The number of aryl methyl sites for hydroxylation is 1. The maximum absolute atomic E-state index is 12.3. The van der Waals surface area contributed by atoms with Crippen LogP contribution >= 0.6 is 0 Å². The molecule has 4 heteroatoms. The fourth-order valence-electron chi connectivity index (χ4n) is 1.23. The van der Waals surface area contributed by atoms with Gasteiger partial charge in [0.1, 0.15) is 5.75 Å². The van der Waals surface area contributed by atoms with E-state index in [9.17, 15) is 13.2 Å². The minimum Gasteiger partial charge on any atom is -0.496 e. The third kappa shape index (κ3) is 2.19. The largest absolute Gasteiger partial charge is 0.496 e. The maximum atomic E-state index is 12.3. The molecule has 0 aliphatic rings. The summed E-state index contributed by atoms with van der Waals surface area (Å²) in [5, 5.41) is 0. The highest BCUT2D eigenvalue weighted by Crippen LogP contribution is 2.32. The third-order valence-electron chi connectivity index (χ3n) is 1.99.